The molecule has 0 aromatic heterocycles. The minimum atomic E-state index is -1.19. The monoisotopic (exact) mass is 342 g/mol. The molecule has 24 heavy (non-hydrogen) atoms. The molecular weight excluding hydrogens is 316 g/mol. The highest BCUT2D eigenvalue weighted by molar-refractivity contribution is 6.28. The number of carbonyl (C=O) groups excluding carboxylic acids is 3. The van der Waals surface area contributed by atoms with Crippen LogP contribution in [0, 0.1) is 0 Å². The second kappa shape index (κ2) is 8.44. The Bertz CT molecular complexity index is 527. The average molecular weight is 342 g/mol. The Morgan fingerprint density at radius 3 is 1.75 bits per heavy atom. The molecule has 2 amide bonds. The summed E-state index contributed by atoms with van der Waals surface area (Å²) < 4.78 is 10.2. The maximum Gasteiger partial charge on any atom is 0.408 e. The van der Waals surface area contributed by atoms with Gasteiger partial charge < -0.3 is 25.6 Å². The summed E-state index contributed by atoms with van der Waals surface area (Å²) in [6, 6.07) is -2.03. The van der Waals surface area contributed by atoms with Crippen molar-refractivity contribution in [2.75, 3.05) is 0 Å². The van der Waals surface area contributed by atoms with E-state index in [9.17, 15) is 14.4 Å². The Morgan fingerprint density at radius 1 is 0.958 bits per heavy atom. The molecule has 0 aliphatic carbocycles. The molecule has 0 fully saturated rings. The lowest BCUT2D eigenvalue weighted by molar-refractivity contribution is -0.118. The Hall–Kier alpha value is -2.41. The van der Waals surface area contributed by atoms with Crippen molar-refractivity contribution in [1.82, 2.24) is 10.6 Å². The van der Waals surface area contributed by atoms with Crippen molar-refractivity contribution in [3.8, 4) is 0 Å². The van der Waals surface area contributed by atoms with E-state index in [2.05, 4.69) is 15.4 Å². The van der Waals surface area contributed by atoms with Gasteiger partial charge in [-0.2, -0.15) is 4.79 Å². The highest BCUT2D eigenvalue weighted by Gasteiger charge is 2.32. The van der Waals surface area contributed by atoms with Crippen molar-refractivity contribution in [2.45, 2.75) is 71.8 Å². The van der Waals surface area contributed by atoms with Gasteiger partial charge in [0.1, 0.15) is 17.2 Å². The number of hydrogen-bond acceptors (Lipinski definition) is 5. The normalized spacial score (nSPS) is 13.8. The molecule has 0 radical (unpaired) electrons. The molecule has 0 aromatic rings. The number of rotatable bonds is 5. The molecule has 0 saturated carbocycles. The van der Waals surface area contributed by atoms with Gasteiger partial charge in [0, 0.05) is 0 Å². The molecule has 0 bridgehead atoms. The van der Waals surface area contributed by atoms with Gasteiger partial charge in [-0.15, -0.1) is 0 Å². The van der Waals surface area contributed by atoms with Gasteiger partial charge in [-0.1, -0.05) is 0 Å². The zero-order chi connectivity index (χ0) is 19.1. The van der Waals surface area contributed by atoms with E-state index in [1.54, 1.807) is 41.5 Å². The Labute approximate surface area is 141 Å². The summed E-state index contributed by atoms with van der Waals surface area (Å²) in [5.41, 5.74) is 7.04. The van der Waals surface area contributed by atoms with Gasteiger partial charge in [0.15, 0.2) is 0 Å². The van der Waals surface area contributed by atoms with Crippen molar-refractivity contribution in [1.29, 1.82) is 0 Å². The van der Waals surface area contributed by atoms with Gasteiger partial charge in [0.05, 0.1) is 6.04 Å². The number of hydrogen-bond donors (Lipinski definition) is 2. The van der Waals surface area contributed by atoms with Crippen LogP contribution in [-0.2, 0) is 14.3 Å². The lowest BCUT2D eigenvalue weighted by Crippen LogP contribution is -2.56. The standard InChI is InChI=1S/C15H26N4O5/c1-9(18-12(21)23-14(2,3)4)11(10(20)8-17-16)19-13(22)24-15(5,6)7/h8-9,11H,1-7H3,(H,18,21)(H,19,22)/t9-,11-/m0/s1. The lowest BCUT2D eigenvalue weighted by Gasteiger charge is -2.27. The number of ether oxygens (including phenoxy) is 2. The molecule has 2 N–H and O–H groups in total. The van der Waals surface area contributed by atoms with E-state index in [4.69, 9.17) is 15.0 Å². The fourth-order valence-corrected chi connectivity index (χ4v) is 1.59. The molecular formula is C15H26N4O5. The zero-order valence-corrected chi connectivity index (χ0v) is 15.2. The highest BCUT2D eigenvalue weighted by atomic mass is 16.6. The summed E-state index contributed by atoms with van der Waals surface area (Å²) in [7, 11) is 0. The topological polar surface area (TPSA) is 130 Å². The minimum absolute atomic E-state index is 0.634. The molecule has 9 nitrogen and oxygen atoms in total. The predicted molar refractivity (Wildman–Crippen MR) is 86.7 cm³/mol. The van der Waals surface area contributed by atoms with E-state index < -0.39 is 41.3 Å². The summed E-state index contributed by atoms with van der Waals surface area (Å²) in [4.78, 5) is 38.3. The summed E-state index contributed by atoms with van der Waals surface area (Å²) in [6.07, 6.45) is -0.959. The van der Waals surface area contributed by atoms with Crippen LogP contribution in [0.3, 0.4) is 0 Å². The molecule has 2 atom stereocenters. The molecule has 0 aliphatic rings. The number of amides is 2. The first-order valence-corrected chi connectivity index (χ1v) is 7.45. The number of nitrogens with zero attached hydrogens (tertiary/aromatic N) is 2. The number of nitrogens with one attached hydrogen (secondary N) is 2. The van der Waals surface area contributed by atoms with Gasteiger partial charge in [-0.05, 0) is 48.5 Å². The van der Waals surface area contributed by atoms with E-state index >= 15 is 0 Å². The first-order valence-electron chi connectivity index (χ1n) is 7.45. The lowest BCUT2D eigenvalue weighted by atomic mass is 10.1. The fraction of sp³-hybridized carbons (Fsp3) is 0.733. The van der Waals surface area contributed by atoms with Crippen LogP contribution in [0.25, 0.3) is 5.53 Å². The third-order valence-corrected chi connectivity index (χ3v) is 2.41. The van der Waals surface area contributed by atoms with Gasteiger partial charge in [0.25, 0.3) is 5.78 Å². The maximum atomic E-state index is 12.0. The third-order valence-electron chi connectivity index (χ3n) is 2.41. The fourth-order valence-electron chi connectivity index (χ4n) is 1.59. The van der Waals surface area contributed by atoms with Gasteiger partial charge in [0.2, 0.25) is 0 Å². The van der Waals surface area contributed by atoms with Crippen molar-refractivity contribution in [2.24, 2.45) is 0 Å². The first-order chi connectivity index (χ1) is 10.7. The quantitative estimate of drug-likeness (QED) is 0.446. The highest BCUT2D eigenvalue weighted by Crippen LogP contribution is 2.09. The average Bonchev–Trinajstić information content (AvgIpc) is 2.31. The van der Waals surface area contributed by atoms with E-state index in [0.29, 0.717) is 6.21 Å². The second-order valence-corrected chi connectivity index (χ2v) is 7.21. The van der Waals surface area contributed by atoms with Crippen LogP contribution in [0.1, 0.15) is 48.5 Å². The molecule has 0 saturated heterocycles. The van der Waals surface area contributed by atoms with Crippen LogP contribution in [0.4, 0.5) is 9.59 Å². The molecule has 0 unspecified atom stereocenters. The van der Waals surface area contributed by atoms with Crippen LogP contribution >= 0.6 is 0 Å². The van der Waals surface area contributed by atoms with Gasteiger partial charge in [-0.25, -0.2) is 9.59 Å². The number of carbonyl (C=O) groups is 3. The van der Waals surface area contributed by atoms with Crippen LogP contribution < -0.4 is 10.6 Å². The van der Waals surface area contributed by atoms with Crippen LogP contribution in [0.15, 0.2) is 0 Å². The smallest absolute Gasteiger partial charge is 0.408 e. The number of Topliss-reactive ketones (excluding diaryl/α,β-unsaturated/α-hetero) is 1. The molecule has 0 rings (SSSR count). The van der Waals surface area contributed by atoms with E-state index in [1.807, 2.05) is 0 Å². The predicted octanol–water partition coefficient (Wildman–Crippen LogP) is 1.66. The van der Waals surface area contributed by atoms with Gasteiger partial charge >= 0.3 is 18.4 Å². The maximum absolute atomic E-state index is 12.0. The summed E-state index contributed by atoms with van der Waals surface area (Å²) >= 11 is 0. The molecule has 0 spiro atoms. The molecule has 0 aliphatic heterocycles. The summed E-state index contributed by atoms with van der Waals surface area (Å²) in [6.45, 7) is 11.6. The Balaban J connectivity index is 5.06. The SMILES string of the molecule is C[C@H](NC(=O)OC(C)(C)C)[C@H](NC(=O)OC(C)(C)C)C(=O)C=[N+]=[N-]. The molecule has 136 valence electrons. The van der Waals surface area contributed by atoms with Gasteiger partial charge in [-0.3, -0.25) is 4.79 Å². The van der Waals surface area contributed by atoms with Crippen LogP contribution in [0.2, 0.25) is 0 Å². The van der Waals surface area contributed by atoms with Crippen LogP contribution in [0.5, 0.6) is 0 Å². The molecule has 0 aromatic carbocycles. The summed E-state index contributed by atoms with van der Waals surface area (Å²) in [5.74, 6) is -0.716. The van der Waals surface area contributed by atoms with E-state index in [0.717, 1.165) is 0 Å². The van der Waals surface area contributed by atoms with E-state index in [-0.39, 0.29) is 0 Å². The Kier molecular flexibility index (Phi) is 7.60. The van der Waals surface area contributed by atoms with Crippen molar-refractivity contribution >= 4 is 24.2 Å². The number of alkyl carbamates (subject to hydrolysis) is 2. The second-order valence-electron chi connectivity index (χ2n) is 7.21. The Morgan fingerprint density at radius 2 is 1.38 bits per heavy atom. The minimum Gasteiger partial charge on any atom is -0.444 e. The van der Waals surface area contributed by atoms with E-state index in [1.165, 1.54) is 6.92 Å². The van der Waals surface area contributed by atoms with Crippen molar-refractivity contribution < 1.29 is 28.6 Å². The summed E-state index contributed by atoms with van der Waals surface area (Å²) in [5, 5.41) is 4.79. The molecule has 0 heterocycles. The van der Waals surface area contributed by atoms with Crippen molar-refractivity contribution in [3.05, 3.63) is 5.53 Å². The third kappa shape index (κ3) is 9.58. The first kappa shape index (κ1) is 21.6. The van der Waals surface area contributed by atoms with Crippen LogP contribution in [-0.4, -0.2) is 52.3 Å². The molecule has 9 heteroatoms. The largest absolute Gasteiger partial charge is 0.444 e. The number of ketones is 1. The zero-order valence-electron chi connectivity index (χ0n) is 15.2. The van der Waals surface area contributed by atoms with Crippen molar-refractivity contribution in [3.63, 3.8) is 0 Å².